The Balaban J connectivity index is 0.00000225. The van der Waals surface area contributed by atoms with Gasteiger partial charge in [-0.15, -0.1) is 12.4 Å². The summed E-state index contributed by atoms with van der Waals surface area (Å²) in [6, 6.07) is 7.99. The molecule has 4 nitrogen and oxygen atoms in total. The molecule has 2 aliphatic rings. The topological polar surface area (TPSA) is 50.4 Å². The SMILES string of the molecule is Cl.O=C(CCC1CCNC1)NCC1(c2ccccc2Cl)CCOCC1. The fraction of sp³-hybridized carbons (Fsp3) is 0.632. The number of rotatable bonds is 6. The smallest absolute Gasteiger partial charge is 0.220 e. The van der Waals surface area contributed by atoms with Crippen molar-refractivity contribution in [1.29, 1.82) is 0 Å². The van der Waals surface area contributed by atoms with Crippen LogP contribution in [-0.4, -0.2) is 38.8 Å². The molecule has 2 aliphatic heterocycles. The van der Waals surface area contributed by atoms with Crippen LogP contribution in [0.2, 0.25) is 5.02 Å². The first kappa shape index (κ1) is 20.5. The Hall–Kier alpha value is -0.810. The van der Waals surface area contributed by atoms with Crippen LogP contribution in [-0.2, 0) is 14.9 Å². The molecule has 2 heterocycles. The highest BCUT2D eigenvalue weighted by Gasteiger charge is 2.36. The first-order chi connectivity index (χ1) is 11.7. The zero-order valence-corrected chi connectivity index (χ0v) is 16.1. The van der Waals surface area contributed by atoms with E-state index in [0.29, 0.717) is 18.9 Å². The third kappa shape index (κ3) is 5.33. The second-order valence-corrected chi connectivity index (χ2v) is 7.45. The molecule has 0 aromatic heterocycles. The van der Waals surface area contributed by atoms with Crippen LogP contribution in [0, 0.1) is 5.92 Å². The number of hydrogen-bond donors (Lipinski definition) is 2. The molecule has 0 radical (unpaired) electrons. The van der Waals surface area contributed by atoms with E-state index in [1.165, 1.54) is 6.42 Å². The Morgan fingerprint density at radius 2 is 2.08 bits per heavy atom. The van der Waals surface area contributed by atoms with E-state index >= 15 is 0 Å². The number of carbonyl (C=O) groups excluding carboxylic acids is 1. The van der Waals surface area contributed by atoms with E-state index in [-0.39, 0.29) is 23.7 Å². The van der Waals surface area contributed by atoms with E-state index in [2.05, 4.69) is 16.7 Å². The van der Waals surface area contributed by atoms with E-state index in [0.717, 1.165) is 56.2 Å². The second-order valence-electron chi connectivity index (χ2n) is 7.05. The molecule has 1 aromatic carbocycles. The molecule has 2 saturated heterocycles. The molecule has 1 atom stereocenters. The minimum absolute atomic E-state index is 0. The summed E-state index contributed by atoms with van der Waals surface area (Å²) in [5.74, 6) is 0.802. The van der Waals surface area contributed by atoms with Crippen LogP contribution in [0.15, 0.2) is 24.3 Å². The van der Waals surface area contributed by atoms with Gasteiger partial charge in [-0.25, -0.2) is 0 Å². The Labute approximate surface area is 161 Å². The minimum atomic E-state index is -0.110. The Morgan fingerprint density at radius 3 is 2.76 bits per heavy atom. The van der Waals surface area contributed by atoms with Crippen molar-refractivity contribution in [2.75, 3.05) is 32.8 Å². The lowest BCUT2D eigenvalue weighted by molar-refractivity contribution is -0.121. The Bertz CT molecular complexity index is 556. The number of carbonyl (C=O) groups is 1. The number of hydrogen-bond acceptors (Lipinski definition) is 3. The number of ether oxygens (including phenoxy) is 1. The average molecular weight is 387 g/mol. The summed E-state index contributed by atoms with van der Waals surface area (Å²) in [5, 5.41) is 7.31. The molecule has 0 bridgehead atoms. The van der Waals surface area contributed by atoms with Gasteiger partial charge >= 0.3 is 0 Å². The molecule has 25 heavy (non-hydrogen) atoms. The van der Waals surface area contributed by atoms with Gasteiger partial charge in [0.15, 0.2) is 0 Å². The van der Waals surface area contributed by atoms with Crippen LogP contribution in [0.5, 0.6) is 0 Å². The van der Waals surface area contributed by atoms with Crippen molar-refractivity contribution in [2.24, 2.45) is 5.92 Å². The van der Waals surface area contributed by atoms with Crippen molar-refractivity contribution < 1.29 is 9.53 Å². The van der Waals surface area contributed by atoms with Gasteiger partial charge in [-0.05, 0) is 56.3 Å². The first-order valence-corrected chi connectivity index (χ1v) is 9.38. The van der Waals surface area contributed by atoms with Gasteiger partial charge in [-0.2, -0.15) is 0 Å². The van der Waals surface area contributed by atoms with Crippen LogP contribution in [0.3, 0.4) is 0 Å². The lowest BCUT2D eigenvalue weighted by Gasteiger charge is -2.38. The van der Waals surface area contributed by atoms with Crippen molar-refractivity contribution in [1.82, 2.24) is 10.6 Å². The largest absolute Gasteiger partial charge is 0.381 e. The lowest BCUT2D eigenvalue weighted by atomic mass is 9.74. The average Bonchev–Trinajstić information content (AvgIpc) is 3.13. The molecular weight excluding hydrogens is 359 g/mol. The van der Waals surface area contributed by atoms with Crippen LogP contribution in [0.4, 0.5) is 0 Å². The monoisotopic (exact) mass is 386 g/mol. The summed E-state index contributed by atoms with van der Waals surface area (Å²) in [4.78, 5) is 12.3. The van der Waals surface area contributed by atoms with Crippen LogP contribution in [0.25, 0.3) is 0 Å². The maximum Gasteiger partial charge on any atom is 0.220 e. The van der Waals surface area contributed by atoms with E-state index in [9.17, 15) is 4.79 Å². The van der Waals surface area contributed by atoms with E-state index in [1.807, 2.05) is 18.2 Å². The lowest BCUT2D eigenvalue weighted by Crippen LogP contribution is -2.44. The number of halogens is 2. The van der Waals surface area contributed by atoms with Gasteiger partial charge in [0.05, 0.1) is 0 Å². The molecule has 0 aliphatic carbocycles. The Morgan fingerprint density at radius 1 is 1.32 bits per heavy atom. The van der Waals surface area contributed by atoms with Crippen molar-refractivity contribution >= 4 is 29.9 Å². The van der Waals surface area contributed by atoms with Crippen molar-refractivity contribution in [3.63, 3.8) is 0 Å². The number of amides is 1. The summed E-state index contributed by atoms with van der Waals surface area (Å²) in [7, 11) is 0. The van der Waals surface area contributed by atoms with Crippen LogP contribution >= 0.6 is 24.0 Å². The molecule has 0 saturated carbocycles. The van der Waals surface area contributed by atoms with Crippen LogP contribution in [0.1, 0.15) is 37.7 Å². The zero-order valence-electron chi connectivity index (χ0n) is 14.6. The van der Waals surface area contributed by atoms with E-state index in [4.69, 9.17) is 16.3 Å². The van der Waals surface area contributed by atoms with Gasteiger partial charge in [0.2, 0.25) is 5.91 Å². The Kier molecular flexibility index (Phi) is 8.01. The third-order valence-electron chi connectivity index (χ3n) is 5.46. The highest BCUT2D eigenvalue weighted by Crippen LogP contribution is 2.38. The molecule has 1 unspecified atom stereocenters. The molecule has 3 rings (SSSR count). The summed E-state index contributed by atoms with van der Waals surface area (Å²) in [5.41, 5.74) is 1.02. The van der Waals surface area contributed by atoms with E-state index in [1.54, 1.807) is 0 Å². The second kappa shape index (κ2) is 9.77. The maximum absolute atomic E-state index is 12.3. The van der Waals surface area contributed by atoms with Crippen LogP contribution < -0.4 is 10.6 Å². The third-order valence-corrected chi connectivity index (χ3v) is 5.79. The summed E-state index contributed by atoms with van der Waals surface area (Å²) >= 11 is 6.45. The van der Waals surface area contributed by atoms with Gasteiger partial charge in [0.1, 0.15) is 0 Å². The quantitative estimate of drug-likeness (QED) is 0.788. The fourth-order valence-corrected chi connectivity index (χ4v) is 4.18. The molecule has 2 N–H and O–H groups in total. The summed E-state index contributed by atoms with van der Waals surface area (Å²) < 4.78 is 5.55. The van der Waals surface area contributed by atoms with Crippen molar-refractivity contribution in [2.45, 2.75) is 37.5 Å². The summed E-state index contributed by atoms with van der Waals surface area (Å²) in [6.45, 7) is 4.21. The van der Waals surface area contributed by atoms with Gasteiger partial charge in [0, 0.05) is 36.6 Å². The highest BCUT2D eigenvalue weighted by atomic mass is 35.5. The van der Waals surface area contributed by atoms with Crippen molar-refractivity contribution in [3.8, 4) is 0 Å². The summed E-state index contributed by atoms with van der Waals surface area (Å²) in [6.07, 6.45) is 4.56. The predicted molar refractivity (Wildman–Crippen MR) is 104 cm³/mol. The van der Waals surface area contributed by atoms with Gasteiger partial charge in [0.25, 0.3) is 0 Å². The molecule has 140 valence electrons. The zero-order chi connectivity index (χ0) is 16.8. The fourth-order valence-electron chi connectivity index (χ4n) is 3.85. The van der Waals surface area contributed by atoms with Crippen molar-refractivity contribution in [3.05, 3.63) is 34.9 Å². The molecule has 6 heteroatoms. The standard InChI is InChI=1S/C19H27ClN2O2.ClH/c20-17-4-2-1-3-16(17)19(8-11-24-12-9-19)14-22-18(23)6-5-15-7-10-21-13-15;/h1-4,15,21H,5-14H2,(H,22,23);1H. The molecule has 1 aromatic rings. The highest BCUT2D eigenvalue weighted by molar-refractivity contribution is 6.31. The molecule has 1 amide bonds. The normalized spacial score (nSPS) is 22.2. The van der Waals surface area contributed by atoms with Gasteiger partial charge in [-0.1, -0.05) is 29.8 Å². The predicted octanol–water partition coefficient (Wildman–Crippen LogP) is 3.32. The van der Waals surface area contributed by atoms with Gasteiger partial charge < -0.3 is 15.4 Å². The molecule has 0 spiro atoms. The first-order valence-electron chi connectivity index (χ1n) is 9.00. The minimum Gasteiger partial charge on any atom is -0.381 e. The number of benzene rings is 1. The van der Waals surface area contributed by atoms with E-state index < -0.39 is 0 Å². The maximum atomic E-state index is 12.3. The molecular formula is C19H28Cl2N2O2. The van der Waals surface area contributed by atoms with Gasteiger partial charge in [-0.3, -0.25) is 4.79 Å². The molecule has 2 fully saturated rings. The number of nitrogens with one attached hydrogen (secondary N) is 2.